The Bertz CT molecular complexity index is 553. The molecule has 0 aliphatic rings. The second-order valence-corrected chi connectivity index (χ2v) is 3.83. The third-order valence-electron chi connectivity index (χ3n) is 2.32. The van der Waals surface area contributed by atoms with E-state index in [9.17, 15) is 22.8 Å². The minimum Gasteiger partial charge on any atom is -0.452 e. The number of nitrogens with one attached hydrogen (secondary N) is 2. The van der Waals surface area contributed by atoms with Gasteiger partial charge in [0.15, 0.2) is 0 Å². The molecule has 0 heterocycles. The van der Waals surface area contributed by atoms with Crippen molar-refractivity contribution in [3.63, 3.8) is 0 Å². The summed E-state index contributed by atoms with van der Waals surface area (Å²) >= 11 is 0. The van der Waals surface area contributed by atoms with E-state index in [1.807, 2.05) is 0 Å². The van der Waals surface area contributed by atoms with Crippen LogP contribution in [0.4, 0.5) is 23.7 Å². The number of hydrogen-bond donors (Lipinski definition) is 2. The highest BCUT2D eigenvalue weighted by atomic mass is 19.4. The van der Waals surface area contributed by atoms with Crippen LogP contribution in [0.1, 0.15) is 12.5 Å². The Morgan fingerprint density at radius 3 is 2.24 bits per heavy atom. The molecule has 9 heteroatoms. The van der Waals surface area contributed by atoms with Crippen molar-refractivity contribution in [2.24, 2.45) is 5.10 Å². The summed E-state index contributed by atoms with van der Waals surface area (Å²) in [4.78, 5) is 21.6. The van der Waals surface area contributed by atoms with Crippen LogP contribution >= 0.6 is 0 Å². The predicted octanol–water partition coefficient (Wildman–Crippen LogP) is 2.27. The van der Waals surface area contributed by atoms with Crippen molar-refractivity contribution in [2.45, 2.75) is 13.1 Å². The van der Waals surface area contributed by atoms with Crippen LogP contribution < -0.4 is 10.7 Å². The highest BCUT2D eigenvalue weighted by Crippen LogP contribution is 2.18. The number of amides is 2. The zero-order valence-corrected chi connectivity index (χ0v) is 11.1. The van der Waals surface area contributed by atoms with Gasteiger partial charge in [-0.25, -0.2) is 10.2 Å². The first kappa shape index (κ1) is 16.5. The summed E-state index contributed by atoms with van der Waals surface area (Å²) in [6.45, 7) is 1.58. The van der Waals surface area contributed by atoms with Gasteiger partial charge in [0, 0.05) is 5.69 Å². The second-order valence-electron chi connectivity index (χ2n) is 3.83. The molecule has 0 bridgehead atoms. The van der Waals surface area contributed by atoms with Gasteiger partial charge in [0.1, 0.15) is 0 Å². The summed E-state index contributed by atoms with van der Waals surface area (Å²) < 4.78 is 40.5. The first-order valence-electron chi connectivity index (χ1n) is 5.61. The van der Waals surface area contributed by atoms with E-state index in [0.717, 1.165) is 0 Å². The van der Waals surface area contributed by atoms with Crippen molar-refractivity contribution in [3.05, 3.63) is 29.8 Å². The van der Waals surface area contributed by atoms with Gasteiger partial charge in [-0.3, -0.25) is 4.79 Å². The average molecular weight is 303 g/mol. The van der Waals surface area contributed by atoms with Gasteiger partial charge in [-0.2, -0.15) is 18.3 Å². The van der Waals surface area contributed by atoms with Gasteiger partial charge in [-0.05, 0) is 24.6 Å². The fourth-order valence-electron chi connectivity index (χ4n) is 1.24. The van der Waals surface area contributed by atoms with E-state index in [2.05, 4.69) is 15.3 Å². The molecule has 0 aliphatic carbocycles. The molecule has 0 aliphatic heterocycles. The summed E-state index contributed by atoms with van der Waals surface area (Å²) in [5.74, 6) is -2.05. The number of carbonyl (C=O) groups is 2. The molecule has 1 aromatic rings. The number of benzene rings is 1. The molecule has 1 rings (SSSR count). The van der Waals surface area contributed by atoms with E-state index >= 15 is 0 Å². The number of nitrogens with zero attached hydrogens (tertiary/aromatic N) is 1. The van der Waals surface area contributed by atoms with E-state index in [0.29, 0.717) is 11.3 Å². The highest BCUT2D eigenvalue weighted by Gasteiger charge is 2.38. The van der Waals surface area contributed by atoms with Gasteiger partial charge in [0.25, 0.3) is 0 Å². The number of hydrogen-bond acceptors (Lipinski definition) is 4. The van der Waals surface area contributed by atoms with Crippen molar-refractivity contribution in [1.29, 1.82) is 0 Å². The van der Waals surface area contributed by atoms with Crippen molar-refractivity contribution in [2.75, 3.05) is 12.4 Å². The van der Waals surface area contributed by atoms with Crippen LogP contribution in [0.5, 0.6) is 0 Å². The van der Waals surface area contributed by atoms with Gasteiger partial charge in [0.05, 0.1) is 12.8 Å². The maximum atomic E-state index is 12.1. The summed E-state index contributed by atoms with van der Waals surface area (Å²) in [5.41, 5.74) is 3.06. The van der Waals surface area contributed by atoms with Gasteiger partial charge in [0.2, 0.25) is 0 Å². The lowest BCUT2D eigenvalue weighted by atomic mass is 10.1. The lowest BCUT2D eigenvalue weighted by Gasteiger charge is -2.08. The Kier molecular flexibility index (Phi) is 5.28. The smallest absolute Gasteiger partial charge is 0.452 e. The summed E-state index contributed by atoms with van der Waals surface area (Å²) in [6, 6.07) is 5.47. The second kappa shape index (κ2) is 6.73. The van der Waals surface area contributed by atoms with Crippen LogP contribution in [-0.2, 0) is 9.53 Å². The average Bonchev–Trinajstić information content (AvgIpc) is 2.44. The summed E-state index contributed by atoms with van der Waals surface area (Å²) in [7, 11) is 1.18. The van der Waals surface area contributed by atoms with Crippen molar-refractivity contribution >= 4 is 23.4 Å². The standard InChI is InChI=1S/C12H12F3N3O3/c1-7(17-18-11(20)21-2)8-3-5-9(6-4-8)16-10(19)12(13,14)15/h3-6H,1-2H3,(H,16,19)(H,18,20)/b17-7+. The number of ether oxygens (including phenoxy) is 1. The van der Waals surface area contributed by atoms with Gasteiger partial charge in [-0.15, -0.1) is 0 Å². The summed E-state index contributed by atoms with van der Waals surface area (Å²) in [6.07, 6.45) is -5.69. The lowest BCUT2D eigenvalue weighted by molar-refractivity contribution is -0.167. The molecular weight excluding hydrogens is 291 g/mol. The number of halogens is 3. The molecule has 0 saturated heterocycles. The van der Waals surface area contributed by atoms with Crippen LogP contribution in [0.25, 0.3) is 0 Å². The van der Waals surface area contributed by atoms with E-state index < -0.39 is 18.2 Å². The molecule has 114 valence electrons. The third-order valence-corrected chi connectivity index (χ3v) is 2.32. The molecule has 2 N–H and O–H groups in total. The molecule has 1 aromatic carbocycles. The summed E-state index contributed by atoms with van der Waals surface area (Å²) in [5, 5.41) is 5.43. The maximum absolute atomic E-state index is 12.1. The normalized spacial score (nSPS) is 11.8. The van der Waals surface area contributed by atoms with Crippen LogP contribution in [0.15, 0.2) is 29.4 Å². The highest BCUT2D eigenvalue weighted by molar-refractivity contribution is 6.00. The third kappa shape index (κ3) is 5.13. The molecule has 0 fully saturated rings. The van der Waals surface area contributed by atoms with Crippen molar-refractivity contribution in [1.82, 2.24) is 5.43 Å². The monoisotopic (exact) mass is 303 g/mol. The minimum atomic E-state index is -4.94. The topological polar surface area (TPSA) is 79.8 Å². The van der Waals surface area contributed by atoms with Crippen LogP contribution in [0, 0.1) is 0 Å². The Hall–Kier alpha value is -2.58. The number of alkyl halides is 3. The molecule has 6 nitrogen and oxygen atoms in total. The number of anilines is 1. The van der Waals surface area contributed by atoms with Crippen LogP contribution in [0.3, 0.4) is 0 Å². The molecule has 0 spiro atoms. The SMILES string of the molecule is COC(=O)N/N=C(\C)c1ccc(NC(=O)C(F)(F)F)cc1. The number of hydrazone groups is 1. The molecule has 0 radical (unpaired) electrons. The number of methoxy groups -OCH3 is 1. The zero-order valence-electron chi connectivity index (χ0n) is 11.1. The Morgan fingerprint density at radius 1 is 1.19 bits per heavy atom. The first-order chi connectivity index (χ1) is 9.74. The Balaban J connectivity index is 2.74. The van der Waals surface area contributed by atoms with E-state index in [4.69, 9.17) is 0 Å². The Labute approximate surface area is 118 Å². The lowest BCUT2D eigenvalue weighted by Crippen LogP contribution is -2.29. The molecule has 0 unspecified atom stereocenters. The molecule has 0 atom stereocenters. The molecule has 0 aromatic heterocycles. The molecule has 21 heavy (non-hydrogen) atoms. The molecule has 0 saturated carbocycles. The van der Waals surface area contributed by atoms with E-state index in [1.165, 1.54) is 31.4 Å². The van der Waals surface area contributed by atoms with Gasteiger partial charge < -0.3 is 10.1 Å². The van der Waals surface area contributed by atoms with E-state index in [-0.39, 0.29) is 5.69 Å². The maximum Gasteiger partial charge on any atom is 0.471 e. The quantitative estimate of drug-likeness (QED) is 0.664. The largest absolute Gasteiger partial charge is 0.471 e. The van der Waals surface area contributed by atoms with Gasteiger partial charge in [-0.1, -0.05) is 12.1 Å². The first-order valence-corrected chi connectivity index (χ1v) is 5.61. The molecule has 2 amide bonds. The fraction of sp³-hybridized carbons (Fsp3) is 0.250. The fourth-order valence-corrected chi connectivity index (χ4v) is 1.24. The Morgan fingerprint density at radius 2 is 1.76 bits per heavy atom. The van der Waals surface area contributed by atoms with Crippen LogP contribution in [-0.4, -0.2) is 31.0 Å². The number of rotatable bonds is 3. The predicted molar refractivity (Wildman–Crippen MR) is 68.9 cm³/mol. The van der Waals surface area contributed by atoms with Gasteiger partial charge >= 0.3 is 18.2 Å². The minimum absolute atomic E-state index is 0.00481. The van der Waals surface area contributed by atoms with E-state index in [1.54, 1.807) is 12.2 Å². The molecular formula is C12H12F3N3O3. The zero-order chi connectivity index (χ0) is 16.0. The van der Waals surface area contributed by atoms with Crippen molar-refractivity contribution < 1.29 is 27.5 Å². The van der Waals surface area contributed by atoms with Crippen LogP contribution in [0.2, 0.25) is 0 Å². The number of carbonyl (C=O) groups excluding carboxylic acids is 2. The van der Waals surface area contributed by atoms with Crippen molar-refractivity contribution in [3.8, 4) is 0 Å².